The predicted octanol–water partition coefficient (Wildman–Crippen LogP) is 3.72. The summed E-state index contributed by atoms with van der Waals surface area (Å²) in [6, 6.07) is 8.63. The van der Waals surface area contributed by atoms with Crippen molar-refractivity contribution < 1.29 is 19.1 Å². The Kier molecular flexibility index (Phi) is 5.19. The molecule has 0 amide bonds. The molecule has 0 unspecified atom stereocenters. The van der Waals surface area contributed by atoms with Gasteiger partial charge in [-0.2, -0.15) is 0 Å². The number of rotatable bonds is 5. The van der Waals surface area contributed by atoms with E-state index in [1.165, 1.54) is 25.6 Å². The number of hydrogen-bond donors (Lipinski definition) is 0. The van der Waals surface area contributed by atoms with Gasteiger partial charge in [0, 0.05) is 5.02 Å². The minimum absolute atomic E-state index is 0.0546. The zero-order valence-electron chi connectivity index (χ0n) is 11.3. The molecule has 2 rings (SSSR count). The van der Waals surface area contributed by atoms with E-state index < -0.39 is 5.97 Å². The molecule has 0 atom stereocenters. The summed E-state index contributed by atoms with van der Waals surface area (Å²) < 4.78 is 10.4. The third-order valence-electron chi connectivity index (χ3n) is 2.45. The van der Waals surface area contributed by atoms with Gasteiger partial charge in [-0.3, -0.25) is 0 Å². The second-order valence-electron chi connectivity index (χ2n) is 3.78. The highest BCUT2D eigenvalue weighted by Gasteiger charge is 2.22. The molecule has 21 heavy (non-hydrogen) atoms. The number of carbonyl (C=O) groups is 1. The molecule has 0 aliphatic carbocycles. The van der Waals surface area contributed by atoms with Crippen molar-refractivity contribution in [2.45, 2.75) is 0 Å². The smallest absolute Gasteiger partial charge is 0.361 e. The fraction of sp³-hybridized carbons (Fsp3) is 0.143. The van der Waals surface area contributed by atoms with E-state index in [2.05, 4.69) is 5.16 Å². The van der Waals surface area contributed by atoms with Crippen molar-refractivity contribution in [2.75, 3.05) is 14.2 Å². The third-order valence-corrected chi connectivity index (χ3v) is 3.60. The van der Waals surface area contributed by atoms with Crippen molar-refractivity contribution in [2.24, 2.45) is 5.16 Å². The monoisotopic (exact) mass is 325 g/mol. The first-order valence-corrected chi connectivity index (χ1v) is 7.12. The molecule has 0 radical (unpaired) electrons. The molecule has 0 saturated heterocycles. The zero-order chi connectivity index (χ0) is 15.2. The van der Waals surface area contributed by atoms with Crippen LogP contribution in [0.5, 0.6) is 11.5 Å². The molecule has 5 nitrogen and oxygen atoms in total. The van der Waals surface area contributed by atoms with Crippen LogP contribution in [0, 0.1) is 0 Å². The van der Waals surface area contributed by atoms with E-state index in [1.807, 2.05) is 0 Å². The van der Waals surface area contributed by atoms with Crippen molar-refractivity contribution in [1.29, 1.82) is 0 Å². The average Bonchev–Trinajstić information content (AvgIpc) is 2.94. The number of oxime groups is 1. The SMILES string of the molecule is CO/N=C(\C(=O)OC)c1sccc1Oc1ccc(Cl)cc1. The van der Waals surface area contributed by atoms with Gasteiger partial charge in [-0.25, -0.2) is 4.79 Å². The van der Waals surface area contributed by atoms with Crippen LogP contribution in [0.3, 0.4) is 0 Å². The fourth-order valence-corrected chi connectivity index (χ4v) is 2.45. The molecule has 0 aliphatic rings. The number of esters is 1. The number of hydrogen-bond acceptors (Lipinski definition) is 6. The molecular weight excluding hydrogens is 314 g/mol. The van der Waals surface area contributed by atoms with Crippen LogP contribution < -0.4 is 4.74 Å². The summed E-state index contributed by atoms with van der Waals surface area (Å²) in [5.74, 6) is 0.490. The third kappa shape index (κ3) is 3.74. The Morgan fingerprint density at radius 2 is 1.90 bits per heavy atom. The summed E-state index contributed by atoms with van der Waals surface area (Å²) in [5, 5.41) is 6.11. The number of nitrogens with zero attached hydrogens (tertiary/aromatic N) is 1. The maximum absolute atomic E-state index is 11.8. The molecule has 110 valence electrons. The largest absolute Gasteiger partial charge is 0.464 e. The van der Waals surface area contributed by atoms with Crippen molar-refractivity contribution in [3.8, 4) is 11.5 Å². The van der Waals surface area contributed by atoms with Crippen LogP contribution in [0.4, 0.5) is 0 Å². The second-order valence-corrected chi connectivity index (χ2v) is 5.14. The Hall–Kier alpha value is -2.05. The van der Waals surface area contributed by atoms with E-state index in [4.69, 9.17) is 25.9 Å². The lowest BCUT2D eigenvalue weighted by Gasteiger charge is -2.07. The first-order valence-electron chi connectivity index (χ1n) is 5.86. The normalized spacial score (nSPS) is 11.1. The quantitative estimate of drug-likeness (QED) is 0.477. The molecular formula is C14H12ClNO4S. The molecule has 1 aromatic heterocycles. The van der Waals surface area contributed by atoms with E-state index in [1.54, 1.807) is 35.7 Å². The highest BCUT2D eigenvalue weighted by atomic mass is 35.5. The van der Waals surface area contributed by atoms with Gasteiger partial charge in [-0.05, 0) is 35.7 Å². The maximum Gasteiger partial charge on any atom is 0.361 e. The maximum atomic E-state index is 11.8. The van der Waals surface area contributed by atoms with Crippen LogP contribution in [0.2, 0.25) is 5.02 Å². The highest BCUT2D eigenvalue weighted by Crippen LogP contribution is 2.31. The average molecular weight is 326 g/mol. The molecule has 7 heteroatoms. The Morgan fingerprint density at radius 1 is 1.19 bits per heavy atom. The lowest BCUT2D eigenvalue weighted by Crippen LogP contribution is -2.16. The van der Waals surface area contributed by atoms with Crippen molar-refractivity contribution in [3.05, 3.63) is 45.6 Å². The number of ether oxygens (including phenoxy) is 2. The summed E-state index contributed by atoms with van der Waals surface area (Å²) in [7, 11) is 2.64. The minimum Gasteiger partial charge on any atom is -0.464 e. The molecule has 0 N–H and O–H groups in total. The fourth-order valence-electron chi connectivity index (χ4n) is 1.54. The topological polar surface area (TPSA) is 57.1 Å². The Bertz CT molecular complexity index is 651. The zero-order valence-corrected chi connectivity index (χ0v) is 12.9. The summed E-state index contributed by atoms with van der Waals surface area (Å²) in [5.41, 5.74) is 0.0546. The van der Waals surface area contributed by atoms with Gasteiger partial charge in [-0.15, -0.1) is 11.3 Å². The minimum atomic E-state index is -0.597. The summed E-state index contributed by atoms with van der Waals surface area (Å²) in [6.07, 6.45) is 0. The molecule has 1 heterocycles. The molecule has 2 aromatic rings. The van der Waals surface area contributed by atoms with Crippen molar-refractivity contribution in [3.63, 3.8) is 0 Å². The number of carbonyl (C=O) groups excluding carboxylic acids is 1. The van der Waals surface area contributed by atoms with E-state index in [0.717, 1.165) is 0 Å². The summed E-state index contributed by atoms with van der Waals surface area (Å²) in [4.78, 5) is 17.0. The second kappa shape index (κ2) is 7.10. The Labute approximate surface area is 130 Å². The van der Waals surface area contributed by atoms with Crippen LogP contribution >= 0.6 is 22.9 Å². The molecule has 1 aromatic carbocycles. The van der Waals surface area contributed by atoms with E-state index in [9.17, 15) is 4.79 Å². The molecule has 0 fully saturated rings. The van der Waals surface area contributed by atoms with Crippen molar-refractivity contribution >= 4 is 34.6 Å². The molecule has 0 aliphatic heterocycles. The summed E-state index contributed by atoms with van der Waals surface area (Å²) >= 11 is 7.13. The van der Waals surface area contributed by atoms with Gasteiger partial charge in [-0.1, -0.05) is 16.8 Å². The number of methoxy groups -OCH3 is 1. The van der Waals surface area contributed by atoms with Crippen LogP contribution in [0.25, 0.3) is 0 Å². The number of benzene rings is 1. The van der Waals surface area contributed by atoms with Gasteiger partial charge in [0.25, 0.3) is 0 Å². The van der Waals surface area contributed by atoms with Gasteiger partial charge >= 0.3 is 5.97 Å². The summed E-state index contributed by atoms with van der Waals surface area (Å²) in [6.45, 7) is 0. The van der Waals surface area contributed by atoms with Gasteiger partial charge in [0.15, 0.2) is 0 Å². The molecule has 0 bridgehead atoms. The molecule has 0 spiro atoms. The van der Waals surface area contributed by atoms with Gasteiger partial charge < -0.3 is 14.3 Å². The number of halogens is 1. The number of thiophene rings is 1. The van der Waals surface area contributed by atoms with Crippen molar-refractivity contribution in [1.82, 2.24) is 0 Å². The Balaban J connectivity index is 2.31. The lowest BCUT2D eigenvalue weighted by atomic mass is 10.3. The lowest BCUT2D eigenvalue weighted by molar-refractivity contribution is -0.132. The van der Waals surface area contributed by atoms with E-state index in [-0.39, 0.29) is 5.71 Å². The van der Waals surface area contributed by atoms with Crippen LogP contribution in [0.15, 0.2) is 40.9 Å². The van der Waals surface area contributed by atoms with Crippen LogP contribution in [-0.4, -0.2) is 25.9 Å². The Morgan fingerprint density at radius 3 is 2.52 bits per heavy atom. The van der Waals surface area contributed by atoms with E-state index in [0.29, 0.717) is 21.4 Å². The predicted molar refractivity (Wildman–Crippen MR) is 81.4 cm³/mol. The van der Waals surface area contributed by atoms with Gasteiger partial charge in [0.1, 0.15) is 23.5 Å². The van der Waals surface area contributed by atoms with Crippen LogP contribution in [0.1, 0.15) is 4.88 Å². The van der Waals surface area contributed by atoms with E-state index >= 15 is 0 Å². The highest BCUT2D eigenvalue weighted by molar-refractivity contribution is 7.13. The first-order chi connectivity index (χ1) is 10.2. The first kappa shape index (κ1) is 15.3. The molecule has 0 saturated carbocycles. The van der Waals surface area contributed by atoms with Crippen LogP contribution in [-0.2, 0) is 14.4 Å². The van der Waals surface area contributed by atoms with Gasteiger partial charge in [0.2, 0.25) is 5.71 Å². The van der Waals surface area contributed by atoms with Gasteiger partial charge in [0.05, 0.1) is 7.11 Å². The standard InChI is InChI=1S/C14H12ClNO4S/c1-18-14(17)12(16-19-2)13-11(7-8-21-13)20-10-5-3-9(15)4-6-10/h3-8H,1-2H3/b16-12-.